The van der Waals surface area contributed by atoms with E-state index in [1.165, 1.54) is 25.0 Å². The van der Waals surface area contributed by atoms with Gasteiger partial charge in [0.1, 0.15) is 29.6 Å². The maximum Gasteiger partial charge on any atom is 0.239 e. The van der Waals surface area contributed by atoms with Gasteiger partial charge < -0.3 is 15.2 Å². The van der Waals surface area contributed by atoms with Crippen molar-refractivity contribution in [1.29, 1.82) is 0 Å². The molecule has 1 aromatic heterocycles. The van der Waals surface area contributed by atoms with Crippen LogP contribution in [0.25, 0.3) is 0 Å². The second-order valence-corrected chi connectivity index (χ2v) is 8.43. The van der Waals surface area contributed by atoms with Crippen LogP contribution in [0.4, 0.5) is 10.2 Å². The fourth-order valence-corrected chi connectivity index (χ4v) is 4.45. The predicted octanol–water partition coefficient (Wildman–Crippen LogP) is 2.98. The second-order valence-electron chi connectivity index (χ2n) is 8.43. The lowest BCUT2D eigenvalue weighted by Crippen LogP contribution is -2.53. The maximum absolute atomic E-state index is 13.0. The van der Waals surface area contributed by atoms with Crippen molar-refractivity contribution in [3.05, 3.63) is 42.3 Å². The van der Waals surface area contributed by atoms with Crippen LogP contribution in [0, 0.1) is 5.82 Å². The average Bonchev–Trinajstić information content (AvgIpc) is 3.39. The molecule has 1 aromatic carbocycles. The Morgan fingerprint density at radius 1 is 1.23 bits per heavy atom. The van der Waals surface area contributed by atoms with E-state index in [0.29, 0.717) is 24.8 Å². The van der Waals surface area contributed by atoms with E-state index in [0.717, 1.165) is 31.6 Å². The molecule has 1 unspecified atom stereocenters. The largest absolute Gasteiger partial charge is 0.491 e. The number of halogens is 1. The molecule has 2 aromatic rings. The van der Waals surface area contributed by atoms with Gasteiger partial charge in [-0.1, -0.05) is 12.8 Å². The molecular formula is C22H29FN4O3. The van der Waals surface area contributed by atoms with Crippen molar-refractivity contribution in [1.82, 2.24) is 14.7 Å². The van der Waals surface area contributed by atoms with Crippen molar-refractivity contribution in [3.8, 4) is 5.75 Å². The number of carbonyl (C=O) groups excluding carboxylic acids is 1. The zero-order chi connectivity index (χ0) is 21.0. The molecule has 0 bridgehead atoms. The number of ether oxygens (including phenoxy) is 1. The topological polar surface area (TPSA) is 79.6 Å². The molecule has 30 heavy (non-hydrogen) atoms. The molecule has 0 spiro atoms. The number of piperidine rings is 1. The number of amides is 1. The summed E-state index contributed by atoms with van der Waals surface area (Å²) >= 11 is 0. The summed E-state index contributed by atoms with van der Waals surface area (Å²) < 4.78 is 20.6. The summed E-state index contributed by atoms with van der Waals surface area (Å²) in [7, 11) is 0. The molecule has 2 N–H and O–H groups in total. The highest BCUT2D eigenvalue weighted by molar-refractivity contribution is 5.91. The van der Waals surface area contributed by atoms with E-state index in [-0.39, 0.29) is 24.9 Å². The Balaban J connectivity index is 1.29. The normalized spacial score (nSPS) is 22.9. The van der Waals surface area contributed by atoms with Crippen LogP contribution in [0.2, 0.25) is 0 Å². The summed E-state index contributed by atoms with van der Waals surface area (Å²) in [5.41, 5.74) is -1.04. The molecule has 1 aliphatic carbocycles. The van der Waals surface area contributed by atoms with Crippen molar-refractivity contribution in [2.45, 2.75) is 50.2 Å². The van der Waals surface area contributed by atoms with Crippen molar-refractivity contribution in [2.24, 2.45) is 0 Å². The van der Waals surface area contributed by atoms with Gasteiger partial charge in [0.2, 0.25) is 5.91 Å². The Labute approximate surface area is 175 Å². The van der Waals surface area contributed by atoms with Gasteiger partial charge in [-0.05, 0) is 56.5 Å². The van der Waals surface area contributed by atoms with Gasteiger partial charge >= 0.3 is 0 Å². The Morgan fingerprint density at radius 3 is 2.77 bits per heavy atom. The third-order valence-electron chi connectivity index (χ3n) is 5.93. The van der Waals surface area contributed by atoms with Crippen molar-refractivity contribution in [3.63, 3.8) is 0 Å². The van der Waals surface area contributed by atoms with Crippen molar-refractivity contribution < 1.29 is 19.0 Å². The van der Waals surface area contributed by atoms with Gasteiger partial charge in [-0.3, -0.25) is 9.69 Å². The first kappa shape index (κ1) is 20.8. The molecule has 0 radical (unpaired) electrons. The second kappa shape index (κ2) is 9.14. The molecule has 1 aliphatic heterocycles. The fourth-order valence-electron chi connectivity index (χ4n) is 4.45. The zero-order valence-electron chi connectivity index (χ0n) is 17.1. The predicted molar refractivity (Wildman–Crippen MR) is 111 cm³/mol. The number of likely N-dealkylation sites (tertiary alicyclic amines) is 1. The zero-order valence-corrected chi connectivity index (χ0v) is 17.1. The molecule has 162 valence electrons. The lowest BCUT2D eigenvalue weighted by atomic mass is 9.93. The summed E-state index contributed by atoms with van der Waals surface area (Å²) in [5, 5.41) is 18.3. The van der Waals surface area contributed by atoms with Crippen LogP contribution in [0.5, 0.6) is 5.75 Å². The Morgan fingerprint density at radius 2 is 2.00 bits per heavy atom. The van der Waals surface area contributed by atoms with Gasteiger partial charge in [-0.15, -0.1) is 0 Å². The van der Waals surface area contributed by atoms with Crippen LogP contribution < -0.4 is 10.1 Å². The number of benzene rings is 1. The van der Waals surface area contributed by atoms with Crippen molar-refractivity contribution in [2.75, 3.05) is 31.6 Å². The lowest BCUT2D eigenvalue weighted by Gasteiger charge is -2.38. The number of rotatable bonds is 7. The van der Waals surface area contributed by atoms with Crippen LogP contribution >= 0.6 is 0 Å². The summed E-state index contributed by atoms with van der Waals surface area (Å²) in [6, 6.07) is 7.93. The minimum Gasteiger partial charge on any atom is -0.491 e. The van der Waals surface area contributed by atoms with Crippen LogP contribution in [0.15, 0.2) is 36.5 Å². The number of carbonyl (C=O) groups is 1. The number of nitrogens with zero attached hydrogens (tertiary/aromatic N) is 3. The molecule has 2 aliphatic rings. The monoisotopic (exact) mass is 416 g/mol. The first-order valence-corrected chi connectivity index (χ1v) is 10.7. The van der Waals surface area contributed by atoms with Gasteiger partial charge in [0.05, 0.1) is 18.8 Å². The Hall–Kier alpha value is -2.45. The molecule has 1 amide bonds. The SMILES string of the molecule is O=C(CN1CCCC(O)(COc2ccc(F)cc2)C1)Nc1ccnn1C1CCCC1. The van der Waals surface area contributed by atoms with Crippen LogP contribution in [-0.4, -0.2) is 57.5 Å². The standard InChI is InChI=1S/C22H29FN4O3/c23-17-6-8-19(9-7-17)30-16-22(29)11-3-13-26(15-22)14-21(28)25-20-10-12-24-27(20)18-4-1-2-5-18/h6-10,12,18,29H,1-5,11,13-16H2,(H,25,28). The number of aromatic nitrogens is 2. The molecule has 2 fully saturated rings. The Kier molecular flexibility index (Phi) is 6.34. The fraction of sp³-hybridized carbons (Fsp3) is 0.545. The molecule has 1 saturated heterocycles. The molecular weight excluding hydrogens is 387 g/mol. The van der Waals surface area contributed by atoms with E-state index in [2.05, 4.69) is 10.4 Å². The van der Waals surface area contributed by atoms with Crippen molar-refractivity contribution >= 4 is 11.7 Å². The van der Waals surface area contributed by atoms with Gasteiger partial charge in [0.25, 0.3) is 0 Å². The number of aliphatic hydroxyl groups is 1. The number of hydrogen-bond donors (Lipinski definition) is 2. The molecule has 1 saturated carbocycles. The van der Waals surface area contributed by atoms with Gasteiger partial charge in [0, 0.05) is 12.6 Å². The minimum atomic E-state index is -1.04. The van der Waals surface area contributed by atoms with E-state index in [1.807, 2.05) is 15.6 Å². The smallest absolute Gasteiger partial charge is 0.239 e. The number of hydrogen-bond acceptors (Lipinski definition) is 5. The highest BCUT2D eigenvalue weighted by atomic mass is 19.1. The highest BCUT2D eigenvalue weighted by Crippen LogP contribution is 2.31. The first-order chi connectivity index (χ1) is 14.5. The van der Waals surface area contributed by atoms with Crippen LogP contribution in [0.1, 0.15) is 44.6 Å². The Bertz CT molecular complexity index is 850. The molecule has 4 rings (SSSR count). The molecule has 8 heteroatoms. The van der Waals surface area contributed by atoms with Gasteiger partial charge in [-0.25, -0.2) is 9.07 Å². The highest BCUT2D eigenvalue weighted by Gasteiger charge is 2.35. The third kappa shape index (κ3) is 5.17. The molecule has 2 heterocycles. The quantitative estimate of drug-likeness (QED) is 0.726. The van der Waals surface area contributed by atoms with Crippen LogP contribution in [-0.2, 0) is 4.79 Å². The van der Waals surface area contributed by atoms with E-state index in [9.17, 15) is 14.3 Å². The average molecular weight is 416 g/mol. The van der Waals surface area contributed by atoms with Gasteiger partial charge in [-0.2, -0.15) is 5.10 Å². The summed E-state index contributed by atoms with van der Waals surface area (Å²) in [6.07, 6.45) is 7.68. The van der Waals surface area contributed by atoms with E-state index in [4.69, 9.17) is 4.74 Å². The van der Waals surface area contributed by atoms with Crippen LogP contribution in [0.3, 0.4) is 0 Å². The minimum absolute atomic E-state index is 0.102. The summed E-state index contributed by atoms with van der Waals surface area (Å²) in [4.78, 5) is 14.6. The van der Waals surface area contributed by atoms with E-state index in [1.54, 1.807) is 18.3 Å². The van der Waals surface area contributed by atoms with E-state index < -0.39 is 5.60 Å². The van der Waals surface area contributed by atoms with Gasteiger partial charge in [0.15, 0.2) is 0 Å². The first-order valence-electron chi connectivity index (χ1n) is 10.7. The molecule has 7 nitrogen and oxygen atoms in total. The number of nitrogens with one attached hydrogen (secondary N) is 1. The number of β-amino-alcohol motifs (C(OH)–C–C–N with tert-alkyl or cyclic N) is 1. The number of anilines is 1. The lowest BCUT2D eigenvalue weighted by molar-refractivity contribution is -0.120. The summed E-state index contributed by atoms with van der Waals surface area (Å²) in [5.74, 6) is 0.808. The maximum atomic E-state index is 13.0. The summed E-state index contributed by atoms with van der Waals surface area (Å²) in [6.45, 7) is 1.40. The third-order valence-corrected chi connectivity index (χ3v) is 5.93. The molecule has 1 atom stereocenters. The van der Waals surface area contributed by atoms with E-state index >= 15 is 0 Å².